The number of hydrogen-bond donors (Lipinski definition) is 1. The zero-order valence-corrected chi connectivity index (χ0v) is 11.7. The van der Waals surface area contributed by atoms with Crippen LogP contribution in [0.3, 0.4) is 0 Å². The van der Waals surface area contributed by atoms with Gasteiger partial charge in [-0.25, -0.2) is 13.6 Å². The van der Waals surface area contributed by atoms with Crippen LogP contribution >= 0.6 is 0 Å². The Morgan fingerprint density at radius 3 is 2.50 bits per heavy atom. The standard InChI is InChI=1S/C12H10F3NO5S/c13-10-7(12(18)19)1-2-8(11(10)14)16-4-6(3-9(16)17)5-22(15,20)21/h1-2,6H,3-5H2,(H,18,19). The maximum absolute atomic E-state index is 13.9. The summed E-state index contributed by atoms with van der Waals surface area (Å²) in [7, 11) is -4.80. The first-order chi connectivity index (χ1) is 10.1. The minimum Gasteiger partial charge on any atom is -0.478 e. The number of hydrogen-bond acceptors (Lipinski definition) is 4. The highest BCUT2D eigenvalue weighted by Gasteiger charge is 2.35. The van der Waals surface area contributed by atoms with Crippen molar-refractivity contribution in [2.75, 3.05) is 17.2 Å². The Morgan fingerprint density at radius 1 is 1.32 bits per heavy atom. The van der Waals surface area contributed by atoms with Crippen LogP contribution in [-0.2, 0) is 15.0 Å². The summed E-state index contributed by atoms with van der Waals surface area (Å²) in [6.45, 7) is -0.301. The molecule has 10 heteroatoms. The third-order valence-corrected chi connectivity index (χ3v) is 4.09. The van der Waals surface area contributed by atoms with Crippen molar-refractivity contribution < 1.29 is 35.8 Å². The Hall–Kier alpha value is -2.10. The summed E-state index contributed by atoms with van der Waals surface area (Å²) >= 11 is 0. The fraction of sp³-hybridized carbons (Fsp3) is 0.333. The first-order valence-corrected chi connectivity index (χ1v) is 7.59. The molecule has 22 heavy (non-hydrogen) atoms. The molecule has 1 N–H and O–H groups in total. The number of anilines is 1. The van der Waals surface area contributed by atoms with Gasteiger partial charge in [-0.15, -0.1) is 3.89 Å². The minimum absolute atomic E-state index is 0.301. The predicted octanol–water partition coefficient (Wildman–Crippen LogP) is 1.32. The molecule has 0 radical (unpaired) electrons. The number of halogens is 3. The summed E-state index contributed by atoms with van der Waals surface area (Å²) in [5, 5.41) is 8.67. The SMILES string of the molecule is O=C(O)c1ccc(N2CC(CS(=O)(=O)F)CC2=O)c(F)c1F. The van der Waals surface area contributed by atoms with Crippen molar-refractivity contribution in [2.24, 2.45) is 5.92 Å². The molecule has 1 saturated heterocycles. The smallest absolute Gasteiger partial charge is 0.338 e. The average Bonchev–Trinajstić information content (AvgIpc) is 2.70. The van der Waals surface area contributed by atoms with Crippen molar-refractivity contribution in [3.8, 4) is 0 Å². The van der Waals surface area contributed by atoms with Crippen LogP contribution < -0.4 is 4.90 Å². The lowest BCUT2D eigenvalue weighted by Crippen LogP contribution is -2.27. The Labute approximate surface area is 123 Å². The van der Waals surface area contributed by atoms with Crippen LogP contribution in [0.5, 0.6) is 0 Å². The molecule has 1 unspecified atom stereocenters. The molecule has 6 nitrogen and oxygen atoms in total. The van der Waals surface area contributed by atoms with E-state index in [0.717, 1.165) is 17.0 Å². The minimum atomic E-state index is -4.80. The quantitative estimate of drug-likeness (QED) is 0.837. The molecule has 1 atom stereocenters. The fourth-order valence-electron chi connectivity index (χ4n) is 2.32. The van der Waals surface area contributed by atoms with Crippen LogP contribution in [0.2, 0.25) is 0 Å². The van der Waals surface area contributed by atoms with Gasteiger partial charge in [0, 0.05) is 18.9 Å². The van der Waals surface area contributed by atoms with Crippen LogP contribution in [-0.4, -0.2) is 37.7 Å². The van der Waals surface area contributed by atoms with Gasteiger partial charge in [0.15, 0.2) is 11.6 Å². The number of carbonyl (C=O) groups is 2. The van der Waals surface area contributed by atoms with Crippen molar-refractivity contribution >= 4 is 27.8 Å². The zero-order valence-electron chi connectivity index (χ0n) is 10.9. The van der Waals surface area contributed by atoms with E-state index in [1.807, 2.05) is 0 Å². The number of carbonyl (C=O) groups excluding carboxylic acids is 1. The predicted molar refractivity (Wildman–Crippen MR) is 68.7 cm³/mol. The summed E-state index contributed by atoms with van der Waals surface area (Å²) in [5.41, 5.74) is -1.40. The van der Waals surface area contributed by atoms with E-state index in [-0.39, 0.29) is 13.0 Å². The largest absolute Gasteiger partial charge is 0.478 e. The highest BCUT2D eigenvalue weighted by molar-refractivity contribution is 7.86. The lowest BCUT2D eigenvalue weighted by Gasteiger charge is -2.18. The van der Waals surface area contributed by atoms with Gasteiger partial charge in [-0.3, -0.25) is 4.79 Å². The molecule has 1 heterocycles. The van der Waals surface area contributed by atoms with Crippen molar-refractivity contribution in [2.45, 2.75) is 6.42 Å². The summed E-state index contributed by atoms with van der Waals surface area (Å²) in [4.78, 5) is 23.2. The second-order valence-electron chi connectivity index (χ2n) is 4.85. The lowest BCUT2D eigenvalue weighted by atomic mass is 10.1. The Morgan fingerprint density at radius 2 is 1.95 bits per heavy atom. The van der Waals surface area contributed by atoms with Gasteiger partial charge in [0.05, 0.1) is 17.0 Å². The Balaban J connectivity index is 2.31. The van der Waals surface area contributed by atoms with Gasteiger partial charge >= 0.3 is 16.2 Å². The molecular formula is C12H10F3NO5S. The van der Waals surface area contributed by atoms with Crippen LogP contribution in [0.25, 0.3) is 0 Å². The second-order valence-corrected chi connectivity index (χ2v) is 6.26. The summed E-state index contributed by atoms with van der Waals surface area (Å²) < 4.78 is 61.3. The summed E-state index contributed by atoms with van der Waals surface area (Å²) in [5.74, 6) is -7.31. The highest BCUT2D eigenvalue weighted by Crippen LogP contribution is 2.30. The van der Waals surface area contributed by atoms with Crippen molar-refractivity contribution in [1.29, 1.82) is 0 Å². The van der Waals surface area contributed by atoms with Crippen molar-refractivity contribution in [3.63, 3.8) is 0 Å². The van der Waals surface area contributed by atoms with Crippen LogP contribution in [0, 0.1) is 17.6 Å². The second kappa shape index (κ2) is 5.59. The van der Waals surface area contributed by atoms with E-state index < -0.39 is 56.7 Å². The summed E-state index contributed by atoms with van der Waals surface area (Å²) in [6, 6.07) is 1.70. The third kappa shape index (κ3) is 3.21. The monoisotopic (exact) mass is 337 g/mol. The fourth-order valence-corrected chi connectivity index (χ4v) is 3.11. The zero-order chi connectivity index (χ0) is 16.7. The molecule has 0 saturated carbocycles. The van der Waals surface area contributed by atoms with E-state index in [0.29, 0.717) is 0 Å². The Kier molecular flexibility index (Phi) is 4.14. The van der Waals surface area contributed by atoms with Gasteiger partial charge in [0.2, 0.25) is 5.91 Å². The van der Waals surface area contributed by atoms with E-state index in [1.165, 1.54) is 0 Å². The number of amides is 1. The van der Waals surface area contributed by atoms with Crippen LogP contribution in [0.15, 0.2) is 12.1 Å². The molecule has 1 amide bonds. The van der Waals surface area contributed by atoms with Crippen LogP contribution in [0.1, 0.15) is 16.8 Å². The van der Waals surface area contributed by atoms with Gasteiger partial charge in [-0.05, 0) is 12.1 Å². The van der Waals surface area contributed by atoms with E-state index in [4.69, 9.17) is 5.11 Å². The molecule has 0 aliphatic carbocycles. The van der Waals surface area contributed by atoms with Crippen LogP contribution in [0.4, 0.5) is 18.4 Å². The maximum atomic E-state index is 13.9. The molecule has 1 aliphatic heterocycles. The molecule has 0 aromatic heterocycles. The molecular weight excluding hydrogens is 327 g/mol. The first-order valence-electron chi connectivity index (χ1n) is 6.04. The lowest BCUT2D eigenvalue weighted by molar-refractivity contribution is -0.117. The Bertz CT molecular complexity index is 749. The van der Waals surface area contributed by atoms with Crippen molar-refractivity contribution in [3.05, 3.63) is 29.3 Å². The molecule has 1 fully saturated rings. The van der Waals surface area contributed by atoms with E-state index in [9.17, 15) is 30.7 Å². The molecule has 1 aromatic carbocycles. The number of aromatic carboxylic acids is 1. The van der Waals surface area contributed by atoms with E-state index in [2.05, 4.69) is 0 Å². The summed E-state index contributed by atoms with van der Waals surface area (Å²) in [6.07, 6.45) is -0.328. The number of nitrogens with zero attached hydrogens (tertiary/aromatic N) is 1. The number of benzene rings is 1. The maximum Gasteiger partial charge on any atom is 0.338 e. The van der Waals surface area contributed by atoms with Gasteiger partial charge < -0.3 is 10.0 Å². The van der Waals surface area contributed by atoms with Gasteiger partial charge in [0.25, 0.3) is 0 Å². The number of carboxylic acid groups (broad SMARTS) is 1. The molecule has 0 bridgehead atoms. The molecule has 120 valence electrons. The van der Waals surface area contributed by atoms with Gasteiger partial charge in [-0.2, -0.15) is 8.42 Å². The van der Waals surface area contributed by atoms with Crippen molar-refractivity contribution in [1.82, 2.24) is 0 Å². The van der Waals surface area contributed by atoms with E-state index in [1.54, 1.807) is 0 Å². The topological polar surface area (TPSA) is 91.8 Å². The molecule has 1 aromatic rings. The van der Waals surface area contributed by atoms with E-state index >= 15 is 0 Å². The number of rotatable bonds is 4. The molecule has 1 aliphatic rings. The normalized spacial score (nSPS) is 18.8. The average molecular weight is 337 g/mol. The first kappa shape index (κ1) is 16.3. The van der Waals surface area contributed by atoms with Gasteiger partial charge in [-0.1, -0.05) is 0 Å². The van der Waals surface area contributed by atoms with Gasteiger partial charge in [0.1, 0.15) is 0 Å². The molecule has 0 spiro atoms. The number of carboxylic acids is 1. The molecule has 2 rings (SSSR count). The highest BCUT2D eigenvalue weighted by atomic mass is 32.3. The third-order valence-electron chi connectivity index (χ3n) is 3.22.